The van der Waals surface area contributed by atoms with Crippen LogP contribution in [0.4, 0.5) is 5.69 Å². The topological polar surface area (TPSA) is 84.9 Å². The summed E-state index contributed by atoms with van der Waals surface area (Å²) in [7, 11) is 0.661. The van der Waals surface area contributed by atoms with E-state index in [1.807, 2.05) is 30.3 Å². The Labute approximate surface area is 183 Å². The highest BCUT2D eigenvalue weighted by Gasteiger charge is 2.20. The number of rotatable bonds is 7. The molecule has 30 heavy (non-hydrogen) atoms. The average Bonchev–Trinajstić information content (AvgIpc) is 2.73. The summed E-state index contributed by atoms with van der Waals surface area (Å²) in [5.41, 5.74) is 0.242. The molecule has 0 aromatic heterocycles. The Morgan fingerprint density at radius 2 is 1.77 bits per heavy atom. The van der Waals surface area contributed by atoms with Gasteiger partial charge in [-0.25, -0.2) is 12.7 Å². The van der Waals surface area contributed by atoms with Crippen LogP contribution in [0.15, 0.2) is 64.0 Å². The van der Waals surface area contributed by atoms with Crippen molar-refractivity contribution in [2.75, 3.05) is 33.1 Å². The van der Waals surface area contributed by atoms with E-state index in [1.165, 1.54) is 39.4 Å². The maximum Gasteiger partial charge on any atom is 0.262 e. The van der Waals surface area contributed by atoms with Crippen LogP contribution in [-0.4, -0.2) is 46.4 Å². The zero-order valence-electron chi connectivity index (χ0n) is 16.7. The van der Waals surface area contributed by atoms with Gasteiger partial charge in [0.1, 0.15) is 11.5 Å². The molecule has 0 saturated carbocycles. The first kappa shape index (κ1) is 22.1. The van der Waals surface area contributed by atoms with Crippen LogP contribution in [0.2, 0.25) is 0 Å². The largest absolute Gasteiger partial charge is 0.495 e. The highest BCUT2D eigenvalue weighted by Crippen LogP contribution is 2.33. The highest BCUT2D eigenvalue weighted by molar-refractivity contribution is 9.10. The number of hydrogen-bond donors (Lipinski definition) is 1. The van der Waals surface area contributed by atoms with Gasteiger partial charge in [-0.3, -0.25) is 4.79 Å². The van der Waals surface area contributed by atoms with Gasteiger partial charge in [0.15, 0.2) is 6.61 Å². The number of fused-ring (bicyclic) bond motifs is 1. The minimum atomic E-state index is -3.65. The van der Waals surface area contributed by atoms with Crippen LogP contribution in [0.5, 0.6) is 11.5 Å². The number of amides is 1. The van der Waals surface area contributed by atoms with Crippen LogP contribution in [-0.2, 0) is 14.8 Å². The van der Waals surface area contributed by atoms with E-state index >= 15 is 0 Å². The van der Waals surface area contributed by atoms with Gasteiger partial charge in [-0.05, 0) is 51.0 Å². The van der Waals surface area contributed by atoms with E-state index < -0.39 is 15.9 Å². The summed E-state index contributed by atoms with van der Waals surface area (Å²) < 4.78 is 37.5. The fourth-order valence-electron chi connectivity index (χ4n) is 2.81. The molecule has 0 bridgehead atoms. The smallest absolute Gasteiger partial charge is 0.262 e. The van der Waals surface area contributed by atoms with Crippen molar-refractivity contribution in [2.24, 2.45) is 0 Å². The number of sulfonamides is 1. The Hall–Kier alpha value is -2.62. The summed E-state index contributed by atoms with van der Waals surface area (Å²) in [4.78, 5) is 12.5. The van der Waals surface area contributed by atoms with Crippen molar-refractivity contribution in [1.82, 2.24) is 4.31 Å². The molecule has 158 valence electrons. The second-order valence-electron chi connectivity index (χ2n) is 6.59. The summed E-state index contributed by atoms with van der Waals surface area (Å²) in [6, 6.07) is 15.8. The fourth-order valence-corrected chi connectivity index (χ4v) is 4.35. The molecule has 0 aliphatic rings. The van der Waals surface area contributed by atoms with Gasteiger partial charge >= 0.3 is 0 Å². The van der Waals surface area contributed by atoms with Crippen molar-refractivity contribution in [3.8, 4) is 11.5 Å². The predicted molar refractivity (Wildman–Crippen MR) is 120 cm³/mol. The van der Waals surface area contributed by atoms with Crippen molar-refractivity contribution in [3.05, 3.63) is 59.1 Å². The van der Waals surface area contributed by atoms with Crippen molar-refractivity contribution in [3.63, 3.8) is 0 Å². The maximum absolute atomic E-state index is 12.5. The minimum Gasteiger partial charge on any atom is -0.495 e. The summed E-state index contributed by atoms with van der Waals surface area (Å²) in [6.07, 6.45) is 0. The lowest BCUT2D eigenvalue weighted by Crippen LogP contribution is -2.23. The third-order valence-corrected chi connectivity index (χ3v) is 7.04. The quantitative estimate of drug-likeness (QED) is 0.540. The van der Waals surface area contributed by atoms with E-state index in [2.05, 4.69) is 21.2 Å². The van der Waals surface area contributed by atoms with E-state index in [9.17, 15) is 13.2 Å². The summed E-state index contributed by atoms with van der Waals surface area (Å²) >= 11 is 3.52. The van der Waals surface area contributed by atoms with Crippen LogP contribution >= 0.6 is 15.9 Å². The van der Waals surface area contributed by atoms with Gasteiger partial charge < -0.3 is 14.8 Å². The average molecular weight is 493 g/mol. The number of methoxy groups -OCH3 is 1. The fraction of sp³-hybridized carbons (Fsp3) is 0.190. The number of carbonyl (C=O) groups is 1. The Bertz CT molecular complexity index is 1200. The Morgan fingerprint density at radius 3 is 2.47 bits per heavy atom. The molecule has 0 atom stereocenters. The summed E-state index contributed by atoms with van der Waals surface area (Å²) in [6.45, 7) is -0.259. The molecule has 3 aromatic carbocycles. The second-order valence-corrected chi connectivity index (χ2v) is 9.53. The highest BCUT2D eigenvalue weighted by atomic mass is 79.9. The van der Waals surface area contributed by atoms with E-state index in [1.54, 1.807) is 6.07 Å². The Morgan fingerprint density at radius 1 is 1.07 bits per heavy atom. The molecule has 0 heterocycles. The van der Waals surface area contributed by atoms with Crippen molar-refractivity contribution in [1.29, 1.82) is 0 Å². The lowest BCUT2D eigenvalue weighted by Gasteiger charge is -2.15. The molecule has 0 spiro atoms. The first-order chi connectivity index (χ1) is 14.2. The van der Waals surface area contributed by atoms with E-state index in [0.29, 0.717) is 11.5 Å². The number of benzene rings is 3. The second kappa shape index (κ2) is 9.03. The molecule has 9 heteroatoms. The van der Waals surface area contributed by atoms with Gasteiger partial charge in [0, 0.05) is 14.1 Å². The van der Waals surface area contributed by atoms with Gasteiger partial charge in [-0.1, -0.05) is 30.3 Å². The zero-order chi connectivity index (χ0) is 21.9. The summed E-state index contributed by atoms with van der Waals surface area (Å²) in [5.74, 6) is 0.417. The predicted octanol–water partition coefficient (Wildman–Crippen LogP) is 3.88. The van der Waals surface area contributed by atoms with Crippen molar-refractivity contribution in [2.45, 2.75) is 4.90 Å². The number of ether oxygens (including phenoxy) is 2. The third kappa shape index (κ3) is 4.58. The Balaban J connectivity index is 1.77. The monoisotopic (exact) mass is 492 g/mol. The molecule has 7 nitrogen and oxygen atoms in total. The van der Waals surface area contributed by atoms with Gasteiger partial charge in [0.2, 0.25) is 10.0 Å². The molecule has 0 unspecified atom stereocenters. The van der Waals surface area contributed by atoms with Gasteiger partial charge in [0.05, 0.1) is 22.2 Å². The molecule has 3 aromatic rings. The van der Waals surface area contributed by atoms with Crippen LogP contribution < -0.4 is 14.8 Å². The van der Waals surface area contributed by atoms with Gasteiger partial charge in [-0.15, -0.1) is 0 Å². The SMILES string of the molecule is COc1ccc(S(=O)(=O)N(C)C)cc1NC(=O)COc1ccc2ccccc2c1Br. The lowest BCUT2D eigenvalue weighted by atomic mass is 10.1. The lowest BCUT2D eigenvalue weighted by molar-refractivity contribution is -0.118. The number of nitrogens with zero attached hydrogens (tertiary/aromatic N) is 1. The molecule has 3 rings (SSSR count). The van der Waals surface area contributed by atoms with Gasteiger partial charge in [-0.2, -0.15) is 0 Å². The summed E-state index contributed by atoms with van der Waals surface area (Å²) in [5, 5.41) is 4.67. The molecule has 0 saturated heterocycles. The first-order valence-corrected chi connectivity index (χ1v) is 11.2. The minimum absolute atomic E-state index is 0.0433. The molecule has 1 amide bonds. The number of hydrogen-bond acceptors (Lipinski definition) is 5. The normalized spacial score (nSPS) is 11.5. The van der Waals surface area contributed by atoms with Crippen LogP contribution in [0.3, 0.4) is 0 Å². The zero-order valence-corrected chi connectivity index (χ0v) is 19.1. The molecule has 0 aliphatic carbocycles. The van der Waals surface area contributed by atoms with E-state index in [4.69, 9.17) is 9.47 Å². The van der Waals surface area contributed by atoms with Gasteiger partial charge in [0.25, 0.3) is 5.91 Å². The molecule has 0 aliphatic heterocycles. The number of carbonyl (C=O) groups excluding carboxylic acids is 1. The Kier molecular flexibility index (Phi) is 6.64. The number of halogens is 1. The number of anilines is 1. The van der Waals surface area contributed by atoms with Crippen LogP contribution in [0.25, 0.3) is 10.8 Å². The molecule has 0 radical (unpaired) electrons. The van der Waals surface area contributed by atoms with E-state index in [-0.39, 0.29) is 17.2 Å². The van der Waals surface area contributed by atoms with Crippen LogP contribution in [0.1, 0.15) is 0 Å². The standard InChI is InChI=1S/C21H21BrN2O5S/c1-24(2)30(26,27)15-9-11-18(28-3)17(12-15)23-20(25)13-29-19-10-8-14-6-4-5-7-16(14)21(19)22/h4-12H,13H2,1-3H3,(H,23,25). The molecule has 1 N–H and O–H groups in total. The van der Waals surface area contributed by atoms with Crippen molar-refractivity contribution >= 4 is 48.3 Å². The third-order valence-electron chi connectivity index (χ3n) is 4.41. The molecular weight excluding hydrogens is 472 g/mol. The number of nitrogens with one attached hydrogen (secondary N) is 1. The first-order valence-electron chi connectivity index (χ1n) is 8.94. The maximum atomic E-state index is 12.5. The van der Waals surface area contributed by atoms with Crippen LogP contribution in [0, 0.1) is 0 Å². The van der Waals surface area contributed by atoms with E-state index in [0.717, 1.165) is 19.6 Å². The van der Waals surface area contributed by atoms with Crippen molar-refractivity contribution < 1.29 is 22.7 Å². The molecule has 0 fully saturated rings. The molecular formula is C21H21BrN2O5S.